The summed E-state index contributed by atoms with van der Waals surface area (Å²) in [5.41, 5.74) is 0.888. The van der Waals surface area contributed by atoms with E-state index >= 15 is 0 Å². The predicted octanol–water partition coefficient (Wildman–Crippen LogP) is 2.79. The summed E-state index contributed by atoms with van der Waals surface area (Å²) in [7, 11) is 0. The van der Waals surface area contributed by atoms with Crippen molar-refractivity contribution < 1.29 is 4.42 Å². The van der Waals surface area contributed by atoms with Gasteiger partial charge in [-0.3, -0.25) is 4.98 Å². The quantitative estimate of drug-likeness (QED) is 0.772. The second kappa shape index (κ2) is 4.04. The molecule has 16 heavy (non-hydrogen) atoms. The van der Waals surface area contributed by atoms with Gasteiger partial charge in [0, 0.05) is 18.3 Å². The standard InChI is InChI=1S/C12H13N3O/c1-2-5-9(4-1)11-14-15-12(16-11)10-6-3-7-13-8-10/h3,6-9H,1-2,4-5H2. The molecule has 0 amide bonds. The van der Waals surface area contributed by atoms with Gasteiger partial charge in [-0.05, 0) is 25.0 Å². The number of pyridine rings is 1. The number of rotatable bonds is 2. The minimum atomic E-state index is 0.470. The van der Waals surface area contributed by atoms with Crippen LogP contribution in [0.15, 0.2) is 28.9 Å². The van der Waals surface area contributed by atoms with Crippen LogP contribution in [0.4, 0.5) is 0 Å². The molecule has 0 bridgehead atoms. The molecule has 1 aliphatic rings. The Kier molecular flexibility index (Phi) is 2.40. The number of aromatic nitrogens is 3. The van der Waals surface area contributed by atoms with Crippen LogP contribution in [-0.2, 0) is 0 Å². The fourth-order valence-electron chi connectivity index (χ4n) is 2.18. The second-order valence-electron chi connectivity index (χ2n) is 4.17. The molecular weight excluding hydrogens is 202 g/mol. The van der Waals surface area contributed by atoms with E-state index in [1.54, 1.807) is 12.4 Å². The van der Waals surface area contributed by atoms with Gasteiger partial charge in [0.1, 0.15) is 0 Å². The summed E-state index contributed by atoms with van der Waals surface area (Å²) in [5, 5.41) is 8.20. The van der Waals surface area contributed by atoms with E-state index in [0.717, 1.165) is 11.5 Å². The molecule has 1 aliphatic carbocycles. The van der Waals surface area contributed by atoms with Crippen LogP contribution >= 0.6 is 0 Å². The normalized spacial score (nSPS) is 16.8. The van der Waals surface area contributed by atoms with Crippen LogP contribution in [0.3, 0.4) is 0 Å². The van der Waals surface area contributed by atoms with Crippen molar-refractivity contribution in [3.8, 4) is 11.5 Å². The van der Waals surface area contributed by atoms with Crippen molar-refractivity contribution in [3.63, 3.8) is 0 Å². The Morgan fingerprint density at radius 3 is 2.81 bits per heavy atom. The molecule has 1 saturated carbocycles. The van der Waals surface area contributed by atoms with E-state index in [0.29, 0.717) is 11.8 Å². The maximum absolute atomic E-state index is 5.69. The highest BCUT2D eigenvalue weighted by molar-refractivity contribution is 5.49. The number of nitrogens with zero attached hydrogens (tertiary/aromatic N) is 3. The van der Waals surface area contributed by atoms with Gasteiger partial charge in [0.25, 0.3) is 0 Å². The average Bonchev–Trinajstić information content (AvgIpc) is 3.01. The molecule has 0 atom stereocenters. The van der Waals surface area contributed by atoms with E-state index in [4.69, 9.17) is 4.42 Å². The first-order valence-electron chi connectivity index (χ1n) is 5.67. The lowest BCUT2D eigenvalue weighted by Crippen LogP contribution is -1.91. The maximum atomic E-state index is 5.69. The van der Waals surface area contributed by atoms with Crippen LogP contribution in [-0.4, -0.2) is 15.2 Å². The highest BCUT2D eigenvalue weighted by Crippen LogP contribution is 2.34. The topological polar surface area (TPSA) is 51.8 Å². The lowest BCUT2D eigenvalue weighted by Gasteiger charge is -2.00. The lowest BCUT2D eigenvalue weighted by atomic mass is 10.1. The van der Waals surface area contributed by atoms with Crippen LogP contribution in [0, 0.1) is 0 Å². The van der Waals surface area contributed by atoms with Crippen molar-refractivity contribution in [1.29, 1.82) is 0 Å². The van der Waals surface area contributed by atoms with Gasteiger partial charge in [-0.15, -0.1) is 10.2 Å². The Morgan fingerprint density at radius 1 is 1.19 bits per heavy atom. The number of hydrogen-bond donors (Lipinski definition) is 0. The smallest absolute Gasteiger partial charge is 0.249 e. The van der Waals surface area contributed by atoms with Crippen molar-refractivity contribution >= 4 is 0 Å². The third kappa shape index (κ3) is 1.71. The molecule has 4 nitrogen and oxygen atoms in total. The Labute approximate surface area is 93.7 Å². The Balaban J connectivity index is 1.87. The minimum absolute atomic E-state index is 0.470. The van der Waals surface area contributed by atoms with E-state index in [9.17, 15) is 0 Å². The van der Waals surface area contributed by atoms with Crippen LogP contribution in [0.5, 0.6) is 0 Å². The van der Waals surface area contributed by atoms with Gasteiger partial charge in [-0.2, -0.15) is 0 Å². The zero-order valence-electron chi connectivity index (χ0n) is 8.97. The van der Waals surface area contributed by atoms with Crippen molar-refractivity contribution in [3.05, 3.63) is 30.4 Å². The molecule has 1 fully saturated rings. The lowest BCUT2D eigenvalue weighted by molar-refractivity contribution is 0.457. The van der Waals surface area contributed by atoms with Crippen LogP contribution in [0.25, 0.3) is 11.5 Å². The van der Waals surface area contributed by atoms with E-state index in [1.807, 2.05) is 12.1 Å². The molecule has 3 rings (SSSR count). The van der Waals surface area contributed by atoms with E-state index in [-0.39, 0.29) is 0 Å². The molecule has 0 unspecified atom stereocenters. The van der Waals surface area contributed by atoms with E-state index in [2.05, 4.69) is 15.2 Å². The molecule has 2 aromatic rings. The van der Waals surface area contributed by atoms with Crippen molar-refractivity contribution in [2.75, 3.05) is 0 Å². The van der Waals surface area contributed by atoms with Gasteiger partial charge in [0.05, 0.1) is 5.56 Å². The van der Waals surface area contributed by atoms with Gasteiger partial charge >= 0.3 is 0 Å². The highest BCUT2D eigenvalue weighted by Gasteiger charge is 2.22. The zero-order chi connectivity index (χ0) is 10.8. The number of hydrogen-bond acceptors (Lipinski definition) is 4. The molecule has 82 valence electrons. The average molecular weight is 215 g/mol. The first-order valence-corrected chi connectivity index (χ1v) is 5.67. The summed E-state index contributed by atoms with van der Waals surface area (Å²) in [4.78, 5) is 4.04. The molecule has 2 aromatic heterocycles. The van der Waals surface area contributed by atoms with Crippen LogP contribution in [0.2, 0.25) is 0 Å². The monoisotopic (exact) mass is 215 g/mol. The predicted molar refractivity (Wildman–Crippen MR) is 58.7 cm³/mol. The summed E-state index contributed by atoms with van der Waals surface area (Å²) < 4.78 is 5.69. The SMILES string of the molecule is c1cncc(-c2nnc(C3CCCC3)o2)c1. The van der Waals surface area contributed by atoms with Crippen molar-refractivity contribution in [2.24, 2.45) is 0 Å². The molecule has 0 saturated heterocycles. The van der Waals surface area contributed by atoms with Crippen molar-refractivity contribution in [1.82, 2.24) is 15.2 Å². The molecule has 0 spiro atoms. The van der Waals surface area contributed by atoms with Crippen LogP contribution in [0.1, 0.15) is 37.5 Å². The zero-order valence-corrected chi connectivity index (χ0v) is 8.97. The van der Waals surface area contributed by atoms with E-state index < -0.39 is 0 Å². The fraction of sp³-hybridized carbons (Fsp3) is 0.417. The summed E-state index contributed by atoms with van der Waals surface area (Å²) in [6, 6.07) is 3.80. The highest BCUT2D eigenvalue weighted by atomic mass is 16.4. The summed E-state index contributed by atoms with van der Waals surface area (Å²) in [6.45, 7) is 0. The molecule has 0 N–H and O–H groups in total. The summed E-state index contributed by atoms with van der Waals surface area (Å²) in [5.74, 6) is 1.84. The Hall–Kier alpha value is -1.71. The third-order valence-corrected chi connectivity index (χ3v) is 3.05. The first-order chi connectivity index (χ1) is 7.93. The molecule has 4 heteroatoms. The molecule has 2 heterocycles. The van der Waals surface area contributed by atoms with Crippen LogP contribution < -0.4 is 0 Å². The van der Waals surface area contributed by atoms with Gasteiger partial charge < -0.3 is 4.42 Å². The minimum Gasteiger partial charge on any atom is -0.420 e. The van der Waals surface area contributed by atoms with Gasteiger partial charge in [0.15, 0.2) is 0 Å². The fourth-order valence-corrected chi connectivity index (χ4v) is 2.18. The van der Waals surface area contributed by atoms with E-state index in [1.165, 1.54) is 25.7 Å². The van der Waals surface area contributed by atoms with Gasteiger partial charge in [-0.1, -0.05) is 12.8 Å². The summed E-state index contributed by atoms with van der Waals surface area (Å²) >= 11 is 0. The molecule has 0 radical (unpaired) electrons. The second-order valence-corrected chi connectivity index (χ2v) is 4.17. The molecule has 0 aliphatic heterocycles. The summed E-state index contributed by atoms with van der Waals surface area (Å²) in [6.07, 6.45) is 8.37. The molecule has 0 aromatic carbocycles. The maximum Gasteiger partial charge on any atom is 0.249 e. The van der Waals surface area contributed by atoms with Gasteiger partial charge in [0.2, 0.25) is 11.8 Å². The largest absolute Gasteiger partial charge is 0.420 e. The Bertz CT molecular complexity index is 460. The first kappa shape index (κ1) is 9.51. The third-order valence-electron chi connectivity index (χ3n) is 3.05. The molecular formula is C12H13N3O. The van der Waals surface area contributed by atoms with Gasteiger partial charge in [-0.25, -0.2) is 0 Å². The Morgan fingerprint density at radius 2 is 2.06 bits per heavy atom. The van der Waals surface area contributed by atoms with Crippen molar-refractivity contribution in [2.45, 2.75) is 31.6 Å².